The molecule has 0 saturated carbocycles. The number of nitrogens with zero attached hydrogens (tertiary/aromatic N) is 3. The van der Waals surface area contributed by atoms with E-state index in [0.29, 0.717) is 42.4 Å². The van der Waals surface area contributed by atoms with Gasteiger partial charge in [-0.2, -0.15) is 17.6 Å². The number of carbonyl (C=O) groups excluding carboxylic acids is 3. The van der Waals surface area contributed by atoms with Crippen LogP contribution < -0.4 is 25.9 Å². The monoisotopic (exact) mass is 946 g/mol. The number of amides is 1. The van der Waals surface area contributed by atoms with Crippen molar-refractivity contribution >= 4 is 59.1 Å². The number of piperidine rings is 2. The second kappa shape index (κ2) is 27.1. The van der Waals surface area contributed by atoms with E-state index in [4.69, 9.17) is 28.3 Å². The molecule has 344 valence electrons. The van der Waals surface area contributed by atoms with Crippen molar-refractivity contribution in [3.05, 3.63) is 127 Å². The minimum absolute atomic E-state index is 0. The standard InChI is InChI=1S/C21H21ClF2N2O4.C14H17F2NO2.C7H6ClNO3.CH4.ClH/c22-16-3-6-19(28)26(12-16)13-20(29)25-9-7-15(8-10-25)18(27)11-14-1-4-17(5-2-14)30-21(23)24;15-14(16)19-12-3-1-10(2-4-12)9-13(18)11-5-7-17-8-6-11;8-5-1-2-6(10)9(3-5)4-7(11)12;;/h1-6,12,15,21H,7-11,13H2;1-4,11,14,17H,5-9H2;1-3H,4H2,(H,11,12);1H4;1H. The summed E-state index contributed by atoms with van der Waals surface area (Å²) in [6, 6.07) is 17.7. The second-order valence-electron chi connectivity index (χ2n) is 14.0. The highest BCUT2D eigenvalue weighted by Gasteiger charge is 2.27. The van der Waals surface area contributed by atoms with Crippen LogP contribution in [0.3, 0.4) is 0 Å². The second-order valence-corrected chi connectivity index (χ2v) is 14.9. The molecule has 0 bridgehead atoms. The van der Waals surface area contributed by atoms with Crippen LogP contribution >= 0.6 is 35.6 Å². The summed E-state index contributed by atoms with van der Waals surface area (Å²) in [7, 11) is 0. The maximum absolute atomic E-state index is 12.6. The number of hydrogen-bond acceptors (Lipinski definition) is 9. The van der Waals surface area contributed by atoms with Gasteiger partial charge >= 0.3 is 19.2 Å². The topological polar surface area (TPSA) is 166 Å². The number of ketones is 2. The fourth-order valence-corrected chi connectivity index (χ4v) is 6.87. The molecule has 2 fully saturated rings. The smallest absolute Gasteiger partial charge is 0.387 e. The Labute approximate surface area is 377 Å². The summed E-state index contributed by atoms with van der Waals surface area (Å²) in [6.45, 7) is -3.51. The molecule has 2 aliphatic rings. The van der Waals surface area contributed by atoms with E-state index >= 15 is 0 Å². The Balaban J connectivity index is 0.000000354. The van der Waals surface area contributed by atoms with Crippen molar-refractivity contribution in [3.63, 3.8) is 0 Å². The highest BCUT2D eigenvalue weighted by molar-refractivity contribution is 6.30. The van der Waals surface area contributed by atoms with Crippen LogP contribution in [0.15, 0.2) is 94.8 Å². The van der Waals surface area contributed by atoms with Gasteiger partial charge in [-0.15, -0.1) is 12.4 Å². The molecule has 2 saturated heterocycles. The van der Waals surface area contributed by atoms with Gasteiger partial charge in [0.25, 0.3) is 11.1 Å². The number of alkyl halides is 4. The normalized spacial score (nSPS) is 13.9. The molecule has 0 spiro atoms. The first kappa shape index (κ1) is 53.9. The Morgan fingerprint density at radius 3 is 1.44 bits per heavy atom. The van der Waals surface area contributed by atoms with E-state index in [0.717, 1.165) is 41.6 Å². The molecule has 2 aromatic carbocycles. The predicted octanol–water partition coefficient (Wildman–Crippen LogP) is 7.20. The van der Waals surface area contributed by atoms with Crippen LogP contribution in [0.2, 0.25) is 10.0 Å². The largest absolute Gasteiger partial charge is 0.480 e. The van der Waals surface area contributed by atoms with Gasteiger partial charge in [-0.1, -0.05) is 54.9 Å². The summed E-state index contributed by atoms with van der Waals surface area (Å²) in [4.78, 5) is 71.7. The van der Waals surface area contributed by atoms with Gasteiger partial charge in [-0.25, -0.2) is 0 Å². The van der Waals surface area contributed by atoms with Gasteiger partial charge in [0, 0.05) is 62.3 Å². The van der Waals surface area contributed by atoms with Gasteiger partial charge in [0.15, 0.2) is 0 Å². The summed E-state index contributed by atoms with van der Waals surface area (Å²) in [5, 5.41) is 12.3. The predicted molar refractivity (Wildman–Crippen MR) is 232 cm³/mol. The van der Waals surface area contributed by atoms with E-state index in [9.17, 15) is 46.3 Å². The molecule has 20 heteroatoms. The maximum atomic E-state index is 12.6. The minimum Gasteiger partial charge on any atom is -0.480 e. The zero-order valence-corrected chi connectivity index (χ0v) is 35.4. The number of benzene rings is 2. The lowest BCUT2D eigenvalue weighted by Crippen LogP contribution is -2.43. The Kier molecular flexibility index (Phi) is 23.2. The number of pyridine rings is 2. The maximum Gasteiger partial charge on any atom is 0.387 e. The van der Waals surface area contributed by atoms with Crippen LogP contribution in [-0.4, -0.2) is 82.0 Å². The zero-order chi connectivity index (χ0) is 44.5. The zero-order valence-electron chi connectivity index (χ0n) is 33.1. The summed E-state index contributed by atoms with van der Waals surface area (Å²) in [5.41, 5.74) is 0.884. The molecule has 2 aliphatic heterocycles. The molecular weight excluding hydrogens is 899 g/mol. The highest BCUT2D eigenvalue weighted by atomic mass is 35.5. The summed E-state index contributed by atoms with van der Waals surface area (Å²) in [6.07, 6.45) is 6.12. The molecule has 0 radical (unpaired) electrons. The van der Waals surface area contributed by atoms with Gasteiger partial charge < -0.3 is 33.9 Å². The Morgan fingerprint density at radius 1 is 0.651 bits per heavy atom. The lowest BCUT2D eigenvalue weighted by Gasteiger charge is -2.31. The Hall–Kier alpha value is -5.23. The molecule has 2 N–H and O–H groups in total. The molecule has 6 rings (SSSR count). The van der Waals surface area contributed by atoms with Gasteiger partial charge in [-0.05, 0) is 86.3 Å². The minimum atomic E-state index is -2.89. The van der Waals surface area contributed by atoms with Crippen molar-refractivity contribution in [3.8, 4) is 11.5 Å². The number of Topliss-reactive ketones (excluding diaryl/α,β-unsaturated/α-hetero) is 2. The number of halogens is 7. The number of aromatic nitrogens is 2. The van der Waals surface area contributed by atoms with Crippen LogP contribution in [0, 0.1) is 11.8 Å². The molecule has 0 aliphatic carbocycles. The summed E-state index contributed by atoms with van der Waals surface area (Å²) in [5.74, 6) is -0.864. The molecule has 1 amide bonds. The number of nitrogens with one attached hydrogen (secondary N) is 1. The fourth-order valence-electron chi connectivity index (χ4n) is 6.51. The SMILES string of the molecule is C.Cl.O=C(Cc1ccc(OC(F)F)cc1)C1CCN(C(=O)Cn2cc(Cl)ccc2=O)CC1.O=C(Cc1ccc(OC(F)F)cc1)C1CCNCC1.O=C(O)Cn1cc(Cl)ccc1=O. The third-order valence-corrected chi connectivity index (χ3v) is 10.1. The Morgan fingerprint density at radius 2 is 1.05 bits per heavy atom. The molecular formula is C43H49Cl3F4N4O9. The lowest BCUT2D eigenvalue weighted by molar-refractivity contribution is -0.137. The summed E-state index contributed by atoms with van der Waals surface area (Å²) >= 11 is 11.4. The number of aliphatic carboxylic acids is 1. The van der Waals surface area contributed by atoms with Crippen molar-refractivity contribution in [2.75, 3.05) is 26.2 Å². The molecule has 63 heavy (non-hydrogen) atoms. The lowest BCUT2D eigenvalue weighted by atomic mass is 9.89. The quantitative estimate of drug-likeness (QED) is 0.124. The number of carbonyl (C=O) groups is 4. The first-order chi connectivity index (χ1) is 29.1. The van der Waals surface area contributed by atoms with Gasteiger partial charge in [0.05, 0.1) is 10.0 Å². The third-order valence-electron chi connectivity index (χ3n) is 9.66. The molecule has 4 heterocycles. The number of ether oxygens (including phenoxy) is 2. The van der Waals surface area contributed by atoms with E-state index in [-0.39, 0.29) is 91.3 Å². The third kappa shape index (κ3) is 19.0. The summed E-state index contributed by atoms with van der Waals surface area (Å²) < 4.78 is 59.2. The Bertz CT molecular complexity index is 2200. The van der Waals surface area contributed by atoms with E-state index in [1.165, 1.54) is 65.5 Å². The molecule has 4 aromatic rings. The van der Waals surface area contributed by atoms with Crippen molar-refractivity contribution < 1.29 is 51.3 Å². The van der Waals surface area contributed by atoms with Crippen molar-refractivity contribution in [1.82, 2.24) is 19.4 Å². The van der Waals surface area contributed by atoms with Crippen LogP contribution in [0.1, 0.15) is 44.2 Å². The van der Waals surface area contributed by atoms with Crippen LogP contribution in [0.25, 0.3) is 0 Å². The van der Waals surface area contributed by atoms with E-state index in [1.54, 1.807) is 29.2 Å². The average molecular weight is 948 g/mol. The van der Waals surface area contributed by atoms with Gasteiger partial charge in [-0.3, -0.25) is 28.8 Å². The van der Waals surface area contributed by atoms with E-state index in [1.807, 2.05) is 0 Å². The van der Waals surface area contributed by atoms with E-state index < -0.39 is 19.2 Å². The number of carboxylic acid groups (broad SMARTS) is 1. The average Bonchev–Trinajstić information content (AvgIpc) is 3.22. The van der Waals surface area contributed by atoms with Crippen molar-refractivity contribution in [1.29, 1.82) is 0 Å². The molecule has 2 aromatic heterocycles. The van der Waals surface area contributed by atoms with Crippen LogP contribution in [0.5, 0.6) is 11.5 Å². The van der Waals surface area contributed by atoms with Gasteiger partial charge in [0.2, 0.25) is 5.91 Å². The van der Waals surface area contributed by atoms with Gasteiger partial charge in [0.1, 0.15) is 36.2 Å². The number of likely N-dealkylation sites (tertiary alicyclic amines) is 1. The van der Waals surface area contributed by atoms with Crippen molar-refractivity contribution in [2.24, 2.45) is 11.8 Å². The fraction of sp³-hybridized carbons (Fsp3) is 0.395. The number of carboxylic acids is 1. The number of hydrogen-bond donors (Lipinski definition) is 2. The number of rotatable bonds is 14. The molecule has 13 nitrogen and oxygen atoms in total. The van der Waals surface area contributed by atoms with Crippen molar-refractivity contribution in [2.45, 2.75) is 72.3 Å². The first-order valence-electron chi connectivity index (χ1n) is 19.1. The van der Waals surface area contributed by atoms with E-state index in [2.05, 4.69) is 14.8 Å². The molecule has 0 atom stereocenters. The van der Waals surface area contributed by atoms with Crippen LogP contribution in [-0.2, 0) is 45.1 Å². The van der Waals surface area contributed by atoms with Crippen LogP contribution in [0.4, 0.5) is 17.6 Å². The molecule has 0 unspecified atom stereocenters. The highest BCUT2D eigenvalue weighted by Crippen LogP contribution is 2.23. The first-order valence-corrected chi connectivity index (χ1v) is 19.9.